The van der Waals surface area contributed by atoms with Crippen molar-refractivity contribution in [3.8, 4) is 0 Å². The number of aliphatic hydroxyl groups is 1. The maximum atomic E-state index is 13.0. The summed E-state index contributed by atoms with van der Waals surface area (Å²) in [7, 11) is 0. The molecule has 4 fully saturated rings. The molecule has 3 unspecified atom stereocenters. The monoisotopic (exact) mass is 372 g/mol. The predicted octanol–water partition coefficient (Wildman–Crippen LogP) is 1.75. The lowest BCUT2D eigenvalue weighted by Gasteiger charge is -2.30. The molecular formula is C20H28N4O3. The minimum absolute atomic E-state index is 0.00356. The van der Waals surface area contributed by atoms with Crippen LogP contribution in [0.15, 0.2) is 9.59 Å². The van der Waals surface area contributed by atoms with Gasteiger partial charge >= 0.3 is 5.69 Å². The van der Waals surface area contributed by atoms with Crippen molar-refractivity contribution in [1.29, 1.82) is 0 Å². The molecule has 2 aromatic rings. The molecule has 4 aliphatic rings. The number of nitrogens with zero attached hydrogens (tertiary/aromatic N) is 3. The SMILES string of the molecule is CCCn1c(=O)n(CC(C)O)c(=O)c2[nH]c(C34CC5CC(CC3C5)C4)nc21. The zero-order valence-electron chi connectivity index (χ0n) is 16.1. The Balaban J connectivity index is 1.72. The fraction of sp³-hybridized carbons (Fsp3) is 0.750. The van der Waals surface area contributed by atoms with E-state index in [0.717, 1.165) is 41.5 Å². The second-order valence-electron chi connectivity index (χ2n) is 9.18. The van der Waals surface area contributed by atoms with Crippen molar-refractivity contribution in [3.05, 3.63) is 26.7 Å². The Morgan fingerprint density at radius 1 is 1.22 bits per heavy atom. The average molecular weight is 372 g/mol. The molecule has 2 N–H and O–H groups in total. The standard InChI is InChI=1S/C20H28N4O3/c1-3-4-23-16-15(17(26)24(19(23)27)10-11(2)25)21-18(22-16)20-8-12-5-13(9-20)7-14(20)6-12/h11-14,25H,3-10H2,1-2H3,(H,21,22). The molecule has 0 amide bonds. The normalized spacial score (nSPS) is 32.6. The van der Waals surface area contributed by atoms with Gasteiger partial charge in [-0.3, -0.25) is 13.9 Å². The summed E-state index contributed by atoms with van der Waals surface area (Å²) in [5.74, 6) is 3.16. The van der Waals surface area contributed by atoms with Crippen LogP contribution in [0.5, 0.6) is 0 Å². The quantitative estimate of drug-likeness (QED) is 0.836. The van der Waals surface area contributed by atoms with Gasteiger partial charge in [-0.2, -0.15) is 0 Å². The van der Waals surface area contributed by atoms with Gasteiger partial charge in [0, 0.05) is 12.0 Å². The van der Waals surface area contributed by atoms with Gasteiger partial charge in [0.25, 0.3) is 5.56 Å². The molecule has 6 rings (SSSR count). The van der Waals surface area contributed by atoms with E-state index in [2.05, 4.69) is 4.98 Å². The molecule has 3 atom stereocenters. The molecule has 2 heterocycles. The number of aromatic nitrogens is 4. The van der Waals surface area contributed by atoms with Crippen LogP contribution in [0.4, 0.5) is 0 Å². The Labute approximate surface area is 157 Å². The smallest absolute Gasteiger partial charge is 0.332 e. The molecule has 2 aromatic heterocycles. The first kappa shape index (κ1) is 17.2. The fourth-order valence-corrected chi connectivity index (χ4v) is 6.44. The fourth-order valence-electron chi connectivity index (χ4n) is 6.44. The van der Waals surface area contributed by atoms with Gasteiger partial charge < -0.3 is 10.1 Å². The lowest BCUT2D eigenvalue weighted by Crippen LogP contribution is -2.42. The van der Waals surface area contributed by atoms with E-state index >= 15 is 0 Å². The number of H-pyrrole nitrogens is 1. The molecule has 0 radical (unpaired) electrons. The molecule has 7 nitrogen and oxygen atoms in total. The largest absolute Gasteiger partial charge is 0.392 e. The maximum Gasteiger partial charge on any atom is 0.332 e. The minimum atomic E-state index is -0.759. The Bertz CT molecular complexity index is 1000. The number of hydrogen-bond acceptors (Lipinski definition) is 4. The van der Waals surface area contributed by atoms with Crippen LogP contribution in [0.2, 0.25) is 0 Å². The summed E-state index contributed by atoms with van der Waals surface area (Å²) in [5, 5.41) is 9.75. The van der Waals surface area contributed by atoms with Crippen molar-refractivity contribution in [3.63, 3.8) is 0 Å². The number of aryl methyl sites for hydroxylation is 1. The van der Waals surface area contributed by atoms with Crippen molar-refractivity contribution in [2.24, 2.45) is 17.8 Å². The summed E-state index contributed by atoms with van der Waals surface area (Å²) in [6, 6.07) is 0. The predicted molar refractivity (Wildman–Crippen MR) is 102 cm³/mol. The van der Waals surface area contributed by atoms with E-state index in [1.165, 1.54) is 19.3 Å². The number of imidazole rings is 1. The first-order valence-corrected chi connectivity index (χ1v) is 10.3. The Hall–Kier alpha value is -1.89. The number of aliphatic hydroxyl groups excluding tert-OH is 1. The van der Waals surface area contributed by atoms with Crippen LogP contribution in [0, 0.1) is 17.8 Å². The van der Waals surface area contributed by atoms with Gasteiger partial charge in [0.1, 0.15) is 11.3 Å². The molecule has 0 aliphatic heterocycles. The zero-order chi connectivity index (χ0) is 18.9. The van der Waals surface area contributed by atoms with E-state index in [-0.39, 0.29) is 23.2 Å². The molecule has 0 saturated heterocycles. The number of rotatable bonds is 5. The topological polar surface area (TPSA) is 92.9 Å². The first-order valence-electron chi connectivity index (χ1n) is 10.3. The lowest BCUT2D eigenvalue weighted by atomic mass is 9.75. The molecule has 146 valence electrons. The van der Waals surface area contributed by atoms with Crippen LogP contribution in [-0.4, -0.2) is 30.3 Å². The first-order chi connectivity index (χ1) is 12.9. The van der Waals surface area contributed by atoms with Crippen LogP contribution >= 0.6 is 0 Å². The Morgan fingerprint density at radius 2 is 1.93 bits per heavy atom. The summed E-state index contributed by atoms with van der Waals surface area (Å²) in [6.45, 7) is 4.11. The van der Waals surface area contributed by atoms with E-state index in [0.29, 0.717) is 23.6 Å². The van der Waals surface area contributed by atoms with Crippen LogP contribution < -0.4 is 11.2 Å². The molecule has 4 bridgehead atoms. The van der Waals surface area contributed by atoms with Gasteiger partial charge in [0.2, 0.25) is 0 Å². The van der Waals surface area contributed by atoms with Crippen molar-refractivity contribution in [1.82, 2.24) is 19.1 Å². The molecule has 0 spiro atoms. The molecular weight excluding hydrogens is 344 g/mol. The molecule has 7 heteroatoms. The second kappa shape index (κ2) is 5.80. The highest BCUT2D eigenvalue weighted by Crippen LogP contribution is 2.65. The third kappa shape index (κ3) is 2.33. The van der Waals surface area contributed by atoms with Crippen molar-refractivity contribution in [2.45, 2.75) is 77.0 Å². The van der Waals surface area contributed by atoms with Gasteiger partial charge in [-0.15, -0.1) is 0 Å². The highest BCUT2D eigenvalue weighted by Gasteiger charge is 2.59. The van der Waals surface area contributed by atoms with Crippen molar-refractivity contribution in [2.75, 3.05) is 0 Å². The zero-order valence-corrected chi connectivity index (χ0v) is 16.1. The van der Waals surface area contributed by atoms with Gasteiger partial charge in [-0.25, -0.2) is 9.78 Å². The molecule has 4 saturated carbocycles. The Kier molecular flexibility index (Phi) is 3.70. The van der Waals surface area contributed by atoms with Crippen LogP contribution in [0.1, 0.15) is 58.2 Å². The highest BCUT2D eigenvalue weighted by atomic mass is 16.3. The van der Waals surface area contributed by atoms with Crippen LogP contribution in [-0.2, 0) is 18.5 Å². The number of aromatic amines is 1. The number of nitrogens with one attached hydrogen (secondary N) is 1. The molecule has 0 aromatic carbocycles. The Morgan fingerprint density at radius 3 is 2.56 bits per heavy atom. The lowest BCUT2D eigenvalue weighted by molar-refractivity contribution is 0.169. The summed E-state index contributed by atoms with van der Waals surface area (Å²) in [5.41, 5.74) is 0.240. The summed E-state index contributed by atoms with van der Waals surface area (Å²) < 4.78 is 2.76. The van der Waals surface area contributed by atoms with E-state index in [4.69, 9.17) is 4.98 Å². The maximum absolute atomic E-state index is 13.0. The van der Waals surface area contributed by atoms with E-state index in [9.17, 15) is 14.7 Å². The van der Waals surface area contributed by atoms with E-state index in [1.807, 2.05) is 6.92 Å². The van der Waals surface area contributed by atoms with Crippen LogP contribution in [0.3, 0.4) is 0 Å². The molecule has 4 aliphatic carbocycles. The van der Waals surface area contributed by atoms with Gasteiger partial charge in [-0.1, -0.05) is 6.92 Å². The number of fused-ring (bicyclic) bond motifs is 1. The molecule has 27 heavy (non-hydrogen) atoms. The number of hydrogen-bond donors (Lipinski definition) is 2. The van der Waals surface area contributed by atoms with Gasteiger partial charge in [-0.05, 0) is 63.2 Å². The summed E-state index contributed by atoms with van der Waals surface area (Å²) in [4.78, 5) is 34.1. The minimum Gasteiger partial charge on any atom is -0.392 e. The van der Waals surface area contributed by atoms with Crippen molar-refractivity contribution >= 4 is 11.2 Å². The van der Waals surface area contributed by atoms with E-state index in [1.54, 1.807) is 11.5 Å². The summed E-state index contributed by atoms with van der Waals surface area (Å²) >= 11 is 0. The second-order valence-corrected chi connectivity index (χ2v) is 9.18. The average Bonchev–Trinajstić information content (AvgIpc) is 3.23. The van der Waals surface area contributed by atoms with Crippen molar-refractivity contribution < 1.29 is 5.11 Å². The third-order valence-electron chi connectivity index (χ3n) is 7.22. The van der Waals surface area contributed by atoms with Gasteiger partial charge in [0.15, 0.2) is 5.65 Å². The third-order valence-corrected chi connectivity index (χ3v) is 7.22. The van der Waals surface area contributed by atoms with Gasteiger partial charge in [0.05, 0.1) is 12.6 Å². The van der Waals surface area contributed by atoms with E-state index < -0.39 is 6.10 Å². The van der Waals surface area contributed by atoms with Crippen LogP contribution in [0.25, 0.3) is 11.2 Å². The highest BCUT2D eigenvalue weighted by molar-refractivity contribution is 5.70. The summed E-state index contributed by atoms with van der Waals surface area (Å²) in [6.07, 6.45) is 6.25.